The normalized spacial score (nSPS) is 10.2. The lowest BCUT2D eigenvalue weighted by Gasteiger charge is -2.05. The Labute approximate surface area is 144 Å². The minimum Gasteiger partial charge on any atom is -0.496 e. The van der Waals surface area contributed by atoms with Crippen LogP contribution in [-0.4, -0.2) is 12.1 Å². The lowest BCUT2D eigenvalue weighted by Crippen LogP contribution is -1.99. The predicted molar refractivity (Wildman–Crippen MR) is 92.0 cm³/mol. The van der Waals surface area contributed by atoms with Gasteiger partial charge in [0.15, 0.2) is 0 Å². The zero-order chi connectivity index (χ0) is 16.9. The highest BCUT2D eigenvalue weighted by Gasteiger charge is 2.17. The molecule has 24 heavy (non-hydrogen) atoms. The summed E-state index contributed by atoms with van der Waals surface area (Å²) in [5, 5.41) is 13.0. The van der Waals surface area contributed by atoms with Gasteiger partial charge in [-0.3, -0.25) is 0 Å². The van der Waals surface area contributed by atoms with E-state index in [4.69, 9.17) is 20.8 Å². The highest BCUT2D eigenvalue weighted by atomic mass is 35.5. The van der Waals surface area contributed by atoms with E-state index in [0.29, 0.717) is 34.7 Å². The first-order chi connectivity index (χ1) is 11.7. The van der Waals surface area contributed by atoms with Crippen molar-refractivity contribution in [3.05, 3.63) is 64.8 Å². The number of rotatable bonds is 5. The molecular formula is C18H14ClN3O2. The number of ether oxygens (including phenoxy) is 1. The molecule has 0 spiro atoms. The van der Waals surface area contributed by atoms with Gasteiger partial charge in [-0.2, -0.15) is 10.2 Å². The number of nitriles is 1. The Hall–Kier alpha value is -2.97. The van der Waals surface area contributed by atoms with Crippen molar-refractivity contribution < 1.29 is 9.15 Å². The number of methoxy groups -OCH3 is 1. The van der Waals surface area contributed by atoms with Crippen molar-refractivity contribution in [1.82, 2.24) is 4.98 Å². The van der Waals surface area contributed by atoms with Crippen LogP contribution in [0.2, 0.25) is 5.02 Å². The molecule has 0 unspecified atom stereocenters. The molecule has 3 aromatic rings. The molecule has 1 heterocycles. The van der Waals surface area contributed by atoms with Gasteiger partial charge < -0.3 is 14.5 Å². The highest BCUT2D eigenvalue weighted by molar-refractivity contribution is 6.30. The number of aromatic nitrogens is 1. The van der Waals surface area contributed by atoms with Crippen molar-refractivity contribution in [2.75, 3.05) is 12.4 Å². The Balaban J connectivity index is 1.85. The van der Waals surface area contributed by atoms with Crippen LogP contribution in [0.15, 0.2) is 52.9 Å². The molecule has 0 amide bonds. The van der Waals surface area contributed by atoms with Crippen LogP contribution in [0.3, 0.4) is 0 Å². The Kier molecular flexibility index (Phi) is 4.69. The van der Waals surface area contributed by atoms with Crippen molar-refractivity contribution in [2.24, 2.45) is 0 Å². The molecule has 0 saturated carbocycles. The molecule has 0 radical (unpaired) electrons. The van der Waals surface area contributed by atoms with Crippen molar-refractivity contribution in [2.45, 2.75) is 6.54 Å². The largest absolute Gasteiger partial charge is 0.496 e. The van der Waals surface area contributed by atoms with Crippen molar-refractivity contribution >= 4 is 17.5 Å². The molecule has 0 aliphatic carbocycles. The summed E-state index contributed by atoms with van der Waals surface area (Å²) in [5.41, 5.74) is 1.90. The predicted octanol–water partition coefficient (Wildman–Crippen LogP) is 4.49. The SMILES string of the molecule is COc1ccccc1-c1nc(C#N)c(NCc2ccc(Cl)cc2)o1. The molecule has 0 aliphatic rings. The molecule has 120 valence electrons. The molecule has 5 nitrogen and oxygen atoms in total. The molecule has 0 bridgehead atoms. The zero-order valence-corrected chi connectivity index (χ0v) is 13.7. The molecular weight excluding hydrogens is 326 g/mol. The van der Waals surface area contributed by atoms with Gasteiger partial charge in [0.1, 0.15) is 11.8 Å². The third kappa shape index (κ3) is 3.34. The minimum atomic E-state index is 0.199. The van der Waals surface area contributed by atoms with Crippen LogP contribution in [0.25, 0.3) is 11.5 Å². The summed E-state index contributed by atoms with van der Waals surface area (Å²) in [7, 11) is 1.58. The van der Waals surface area contributed by atoms with Crippen molar-refractivity contribution in [1.29, 1.82) is 5.26 Å². The summed E-state index contributed by atoms with van der Waals surface area (Å²) in [6.07, 6.45) is 0. The van der Waals surface area contributed by atoms with Crippen molar-refractivity contribution in [3.8, 4) is 23.3 Å². The van der Waals surface area contributed by atoms with Crippen LogP contribution in [0.4, 0.5) is 5.88 Å². The topological polar surface area (TPSA) is 71.1 Å². The molecule has 1 N–H and O–H groups in total. The highest BCUT2D eigenvalue weighted by Crippen LogP contribution is 2.32. The van der Waals surface area contributed by atoms with Crippen LogP contribution in [0.5, 0.6) is 5.75 Å². The molecule has 1 aromatic heterocycles. The lowest BCUT2D eigenvalue weighted by molar-refractivity contribution is 0.414. The Morgan fingerprint density at radius 2 is 1.96 bits per heavy atom. The van der Waals surface area contributed by atoms with Gasteiger partial charge in [0.05, 0.1) is 12.7 Å². The third-order valence-corrected chi connectivity index (χ3v) is 3.69. The number of anilines is 1. The number of benzene rings is 2. The van der Waals surface area contributed by atoms with E-state index < -0.39 is 0 Å². The van der Waals surface area contributed by atoms with Gasteiger partial charge in [0, 0.05) is 11.6 Å². The first kappa shape index (κ1) is 15.9. The molecule has 3 rings (SSSR count). The van der Waals surface area contributed by atoms with E-state index in [2.05, 4.69) is 10.3 Å². The summed E-state index contributed by atoms with van der Waals surface area (Å²) in [4.78, 5) is 4.24. The van der Waals surface area contributed by atoms with Gasteiger partial charge in [-0.15, -0.1) is 0 Å². The molecule has 0 saturated heterocycles. The Morgan fingerprint density at radius 1 is 1.21 bits per heavy atom. The maximum Gasteiger partial charge on any atom is 0.233 e. The molecule has 0 aliphatic heterocycles. The summed E-state index contributed by atoms with van der Waals surface area (Å²) < 4.78 is 11.0. The van der Waals surface area contributed by atoms with Gasteiger partial charge in [-0.25, -0.2) is 0 Å². The van der Waals surface area contributed by atoms with Crippen LogP contribution in [0, 0.1) is 11.3 Å². The fourth-order valence-electron chi connectivity index (χ4n) is 2.24. The minimum absolute atomic E-state index is 0.199. The van der Waals surface area contributed by atoms with Crippen LogP contribution >= 0.6 is 11.6 Å². The van der Waals surface area contributed by atoms with Gasteiger partial charge >= 0.3 is 0 Å². The first-order valence-electron chi connectivity index (χ1n) is 7.24. The quantitative estimate of drug-likeness (QED) is 0.741. The van der Waals surface area contributed by atoms with Crippen LogP contribution in [0.1, 0.15) is 11.3 Å². The van der Waals surface area contributed by atoms with Gasteiger partial charge in [-0.05, 0) is 29.8 Å². The second kappa shape index (κ2) is 7.07. The number of oxazole rings is 1. The smallest absolute Gasteiger partial charge is 0.233 e. The number of nitrogens with one attached hydrogen (secondary N) is 1. The number of para-hydroxylation sites is 1. The fourth-order valence-corrected chi connectivity index (χ4v) is 2.36. The molecule has 6 heteroatoms. The zero-order valence-electron chi connectivity index (χ0n) is 12.9. The Morgan fingerprint density at radius 3 is 2.67 bits per heavy atom. The molecule has 0 fully saturated rings. The lowest BCUT2D eigenvalue weighted by atomic mass is 10.2. The standard InChI is InChI=1S/C18H14ClN3O2/c1-23-16-5-3-2-4-14(16)17-22-15(10-20)18(24-17)21-11-12-6-8-13(19)9-7-12/h2-9,21H,11H2,1H3. The summed E-state index contributed by atoms with van der Waals surface area (Å²) in [5.74, 6) is 1.29. The summed E-state index contributed by atoms with van der Waals surface area (Å²) in [6, 6.07) is 16.8. The van der Waals surface area contributed by atoms with Crippen LogP contribution in [-0.2, 0) is 6.54 Å². The van der Waals surface area contributed by atoms with E-state index in [9.17, 15) is 5.26 Å². The fraction of sp³-hybridized carbons (Fsp3) is 0.111. The second-order valence-corrected chi connectivity index (χ2v) is 5.43. The average Bonchev–Trinajstić information content (AvgIpc) is 3.04. The summed E-state index contributed by atoms with van der Waals surface area (Å²) >= 11 is 5.87. The summed E-state index contributed by atoms with van der Waals surface area (Å²) in [6.45, 7) is 0.492. The molecule has 0 atom stereocenters. The monoisotopic (exact) mass is 339 g/mol. The second-order valence-electron chi connectivity index (χ2n) is 4.99. The van der Waals surface area contributed by atoms with Gasteiger partial charge in [0.25, 0.3) is 0 Å². The number of hydrogen-bond acceptors (Lipinski definition) is 5. The van der Waals surface area contributed by atoms with Gasteiger partial charge in [-0.1, -0.05) is 35.9 Å². The number of hydrogen-bond donors (Lipinski definition) is 1. The van der Waals surface area contributed by atoms with Crippen LogP contribution < -0.4 is 10.1 Å². The maximum atomic E-state index is 9.28. The van der Waals surface area contributed by atoms with E-state index in [1.54, 1.807) is 7.11 Å². The number of halogens is 1. The third-order valence-electron chi connectivity index (χ3n) is 3.44. The first-order valence-corrected chi connectivity index (χ1v) is 7.61. The van der Waals surface area contributed by atoms with Crippen molar-refractivity contribution in [3.63, 3.8) is 0 Å². The number of nitrogens with zero attached hydrogens (tertiary/aromatic N) is 2. The van der Waals surface area contributed by atoms with E-state index in [-0.39, 0.29) is 5.69 Å². The van der Waals surface area contributed by atoms with E-state index in [0.717, 1.165) is 5.56 Å². The molecule has 2 aromatic carbocycles. The van der Waals surface area contributed by atoms with E-state index in [1.165, 1.54) is 0 Å². The van der Waals surface area contributed by atoms with E-state index >= 15 is 0 Å². The van der Waals surface area contributed by atoms with E-state index in [1.807, 2.05) is 54.6 Å². The van der Waals surface area contributed by atoms with Gasteiger partial charge in [0.2, 0.25) is 17.5 Å². The maximum absolute atomic E-state index is 9.28. The Bertz CT molecular complexity index is 882. The average molecular weight is 340 g/mol.